The van der Waals surface area contributed by atoms with Crippen LogP contribution in [0.4, 0.5) is 4.79 Å². The molecule has 0 bridgehead atoms. The van der Waals surface area contributed by atoms with E-state index in [1.165, 1.54) is 70.6 Å². The van der Waals surface area contributed by atoms with Gasteiger partial charge in [-0.05, 0) is 226 Å². The number of aliphatic hydroxyl groups excluding tert-OH is 2. The van der Waals surface area contributed by atoms with Crippen molar-refractivity contribution in [1.29, 1.82) is 0 Å². The van der Waals surface area contributed by atoms with Crippen LogP contribution in [-0.2, 0) is 42.6 Å². The standard InChI is InChI=1S/C38H60N2O7.C37H62N2O6.CH3I/c1-21-16-23(30-34(4,5)47-32(42)39-30)45-29-28(21)35(6)12-13-38-20-37(38)11-10-26(46-27-17-40(14-15-44-27)22-18-43-19-22)33(2,3)24(37)8-9-25(38)36(35,7)31(29)41;1-21-16-23(30(38)33(4,5)41)44-29-28(21)34(6)12-13-37-20-36(37)11-10-26(45-27-17-39(14-15-43-27)22-18-42-19-22)32(2,3)24(36)8-9-25(37)35(34,7)31(29)40;1-2/h21-31,41H,8-20H2,1-7H3,(H,39,42);21-31,40-41H,8-20,38H2,1-7H3;1H3/t21-,23-,24+,25+,26?,27?,28+,29+,30+,31+,35-,36-,37-,38+;21-,23-,24+,25+,26?,27?,28+,29+,30+,31+,34-,35-,36-,37+;/m11./s1/i;;1D. The van der Waals surface area contributed by atoms with Crippen LogP contribution in [0.1, 0.15) is 201 Å². The van der Waals surface area contributed by atoms with Gasteiger partial charge in [0.1, 0.15) is 5.60 Å². The van der Waals surface area contributed by atoms with Gasteiger partial charge in [0.25, 0.3) is 0 Å². The predicted octanol–water partition coefficient (Wildman–Crippen LogP) is 10.5. The molecule has 28 atom stereocenters. The molecule has 17 fully saturated rings. The van der Waals surface area contributed by atoms with Gasteiger partial charge in [-0.15, -0.1) is 0 Å². The molecule has 7 aliphatic heterocycles. The molecule has 0 aromatic rings. The lowest BCUT2D eigenvalue weighted by Crippen LogP contribution is -2.60. The molecule has 17 rings (SSSR count). The lowest BCUT2D eigenvalue weighted by Gasteiger charge is -2.64. The van der Waals surface area contributed by atoms with Crippen LogP contribution in [0.3, 0.4) is 0 Å². The first-order chi connectivity index (χ1) is 44.7. The summed E-state index contributed by atoms with van der Waals surface area (Å²) in [7, 11) is 0. The highest BCUT2D eigenvalue weighted by atomic mass is 127. The fourth-order valence-electron chi connectivity index (χ4n) is 28.5. The maximum Gasteiger partial charge on any atom is 0.408 e. The summed E-state index contributed by atoms with van der Waals surface area (Å²) < 4.78 is 62.8. The van der Waals surface area contributed by atoms with Gasteiger partial charge in [0.05, 0.1) is 131 Å². The van der Waals surface area contributed by atoms with E-state index >= 15 is 0 Å². The zero-order chi connectivity index (χ0) is 67.6. The minimum absolute atomic E-state index is 0.0183. The monoisotopic (exact) mass is 1430 g/mol. The number of nitrogens with one attached hydrogen (secondary N) is 1. The molecule has 4 spiro atoms. The Morgan fingerprint density at radius 2 is 1.06 bits per heavy atom. The first kappa shape index (κ1) is 67.9. The fourth-order valence-corrected chi connectivity index (χ4v) is 28.5. The maximum atomic E-state index is 12.6. The Kier molecular flexibility index (Phi) is 16.8. The number of nitrogens with two attached hydrogens (primary N) is 1. The van der Waals surface area contributed by atoms with Crippen molar-refractivity contribution < 1.29 is 64.1 Å². The number of cyclic esters (lactones) is 1. The molecule has 4 unspecified atom stereocenters. The number of ether oxygens (including phenoxy) is 9. The number of amides is 1. The molecule has 18 heteroatoms. The summed E-state index contributed by atoms with van der Waals surface area (Å²) in [4.78, 5) is 17.7. The van der Waals surface area contributed by atoms with Crippen LogP contribution in [0.2, 0.25) is 0 Å². The molecule has 7 saturated heterocycles. The molecular formula is C76H125IN4O13. The molecule has 6 N–H and O–H groups in total. The zero-order valence-electron chi connectivity index (χ0n) is 61.1. The molecule has 10 aliphatic carbocycles. The Morgan fingerprint density at radius 3 is 1.48 bits per heavy atom. The van der Waals surface area contributed by atoms with Gasteiger partial charge >= 0.3 is 6.09 Å². The fraction of sp³-hybridized carbons (Fsp3) is 0.987. The van der Waals surface area contributed by atoms with Crippen molar-refractivity contribution in [2.45, 2.75) is 296 Å². The number of carbonyl (C=O) groups excluding carboxylic acids is 1. The first-order valence-corrected chi connectivity index (χ1v) is 39.4. The smallest absolute Gasteiger partial charge is 0.408 e. The minimum atomic E-state index is -1.02. The molecule has 10 saturated carbocycles. The number of carbonyl (C=O) groups is 1. The Morgan fingerprint density at radius 1 is 0.638 bits per heavy atom. The van der Waals surface area contributed by atoms with Gasteiger partial charge in [0, 0.05) is 25.3 Å². The van der Waals surface area contributed by atoms with Gasteiger partial charge in [-0.2, -0.15) is 0 Å². The van der Waals surface area contributed by atoms with Crippen LogP contribution < -0.4 is 11.1 Å². The normalized spacial score (nSPS) is 54.6. The number of hydrogen-bond acceptors (Lipinski definition) is 16. The lowest BCUT2D eigenvalue weighted by molar-refractivity contribution is -0.256. The third-order valence-electron chi connectivity index (χ3n) is 33.5. The number of morpholine rings is 2. The van der Waals surface area contributed by atoms with Crippen LogP contribution in [0, 0.1) is 101 Å². The zero-order valence-corrected chi connectivity index (χ0v) is 62.2. The van der Waals surface area contributed by atoms with Gasteiger partial charge in [0.2, 0.25) is 0 Å². The number of fused-ring (bicyclic) bond motifs is 8. The van der Waals surface area contributed by atoms with Crippen LogP contribution in [0.15, 0.2) is 0 Å². The van der Waals surface area contributed by atoms with Crippen LogP contribution in [-0.4, -0.2) is 199 Å². The van der Waals surface area contributed by atoms with E-state index in [1.807, 2.05) is 36.4 Å². The van der Waals surface area contributed by atoms with E-state index in [9.17, 15) is 20.1 Å². The summed E-state index contributed by atoms with van der Waals surface area (Å²) in [6.07, 6.45) is 16.6. The quantitative estimate of drug-likeness (QED) is 0.108. The second-order valence-corrected chi connectivity index (χ2v) is 38.1. The Hall–Kier alpha value is -0.560. The molecule has 94 heavy (non-hydrogen) atoms. The van der Waals surface area contributed by atoms with Crippen LogP contribution in [0.25, 0.3) is 0 Å². The van der Waals surface area contributed by atoms with E-state index in [0.717, 1.165) is 97.9 Å². The lowest BCUT2D eigenvalue weighted by atomic mass is 9.41. The second-order valence-electron chi connectivity index (χ2n) is 38.1. The summed E-state index contributed by atoms with van der Waals surface area (Å²) in [5, 5.41) is 38.9. The number of hydrogen-bond donors (Lipinski definition) is 5. The Balaban J connectivity index is 0.000000150. The first-order valence-electron chi connectivity index (χ1n) is 38.6. The Labute approximate surface area is 579 Å². The minimum Gasteiger partial charge on any atom is -0.441 e. The third-order valence-corrected chi connectivity index (χ3v) is 33.5. The molecule has 1 amide bonds. The molecule has 0 aromatic carbocycles. The van der Waals surface area contributed by atoms with E-state index in [0.29, 0.717) is 86.0 Å². The van der Waals surface area contributed by atoms with Crippen molar-refractivity contribution in [2.75, 3.05) is 70.7 Å². The highest BCUT2D eigenvalue weighted by molar-refractivity contribution is 14.1. The summed E-state index contributed by atoms with van der Waals surface area (Å²) >= 11 is 1.96. The number of aliphatic hydroxyl groups is 3. The van der Waals surface area contributed by atoms with E-state index < -0.39 is 29.5 Å². The molecule has 17 nitrogen and oxygen atoms in total. The van der Waals surface area contributed by atoms with Gasteiger partial charge in [-0.3, -0.25) is 9.80 Å². The van der Waals surface area contributed by atoms with Crippen molar-refractivity contribution in [2.24, 2.45) is 107 Å². The van der Waals surface area contributed by atoms with Crippen LogP contribution >= 0.6 is 22.6 Å². The number of rotatable bonds is 9. The van der Waals surface area contributed by atoms with Gasteiger partial charge in [0.15, 0.2) is 12.6 Å². The number of alkyl carbamates (subject to hydrolysis) is 1. The predicted molar refractivity (Wildman–Crippen MR) is 365 cm³/mol. The Bertz CT molecular complexity index is 2880. The summed E-state index contributed by atoms with van der Waals surface area (Å²) in [5.74, 6) is 3.69. The summed E-state index contributed by atoms with van der Waals surface area (Å²) in [6.45, 7) is 40.6. The summed E-state index contributed by atoms with van der Waals surface area (Å²) in [5.41, 5.74) is 6.06. The van der Waals surface area contributed by atoms with Crippen molar-refractivity contribution >= 4 is 28.7 Å². The number of halogens is 1. The van der Waals surface area contributed by atoms with E-state index in [-0.39, 0.29) is 93.8 Å². The van der Waals surface area contributed by atoms with Gasteiger partial charge in [-0.25, -0.2) is 4.79 Å². The molecule has 17 aliphatic rings. The SMILES string of the molecule is C[C@@H]1C[C@H]([C@@H]2NC(=O)OC2(C)C)O[C@H]2[C@H]1[C@@]1(C)CC[C@@]34C[C@@]35CCC(OC3CN(C6COC6)CCO3)C(C)(C)[C@@H]5CC[C@H]4[C@]1(C)[C@H]2O.C[C@@H]1C[C@H]([C@H](N)C(C)(C)O)O[C@H]2[C@H]1[C@@]1(C)CC[C@@]34C[C@@]35CCC(OC3CN(C6COC6)CCO3)C(C)(C)[C@@H]5CC[C@H]4[C@]1(C)[C@H]2O.[2H]CI. The third kappa shape index (κ3) is 9.51. The maximum absolute atomic E-state index is 12.6. The highest BCUT2D eigenvalue weighted by Gasteiger charge is 2.87. The number of nitrogens with zero attached hydrogens (tertiary/aromatic N) is 2. The van der Waals surface area contributed by atoms with Crippen molar-refractivity contribution in [3.05, 3.63) is 0 Å². The largest absolute Gasteiger partial charge is 0.441 e. The molecule has 0 aromatic heterocycles. The van der Waals surface area contributed by atoms with E-state index in [2.05, 4.69) is 84.4 Å². The molecule has 7 heterocycles. The van der Waals surface area contributed by atoms with Crippen molar-refractivity contribution in [3.8, 4) is 0 Å². The van der Waals surface area contributed by atoms with Gasteiger partial charge < -0.3 is 69.0 Å². The average molecular weight is 1430 g/mol. The van der Waals surface area contributed by atoms with Crippen LogP contribution in [0.5, 0.6) is 0 Å². The molecular weight excluding hydrogens is 1300 g/mol. The molecule has 0 radical (unpaired) electrons. The van der Waals surface area contributed by atoms with Crippen molar-refractivity contribution in [1.82, 2.24) is 15.1 Å². The van der Waals surface area contributed by atoms with E-state index in [4.69, 9.17) is 49.7 Å². The molecule has 534 valence electrons. The second kappa shape index (κ2) is 23.2. The van der Waals surface area contributed by atoms with Crippen molar-refractivity contribution in [3.63, 3.8) is 0 Å². The highest BCUT2D eigenvalue weighted by Crippen LogP contribution is 2.91. The number of alkyl halides is 1. The van der Waals surface area contributed by atoms with Gasteiger partial charge in [-0.1, -0.05) is 91.8 Å². The average Bonchev–Trinajstić information content (AvgIpc) is 1.47. The topological polar surface area (TPSA) is 205 Å². The van der Waals surface area contributed by atoms with E-state index in [1.54, 1.807) is 13.8 Å². The summed E-state index contributed by atoms with van der Waals surface area (Å²) in [6, 6.07) is 0.357.